The van der Waals surface area contributed by atoms with Crippen molar-refractivity contribution in [2.45, 2.75) is 77.5 Å². The van der Waals surface area contributed by atoms with Crippen LogP contribution in [0.15, 0.2) is 60.7 Å². The lowest BCUT2D eigenvalue weighted by Gasteiger charge is -2.28. The minimum atomic E-state index is -1.02. The van der Waals surface area contributed by atoms with E-state index in [-0.39, 0.29) is 24.0 Å². The molecule has 0 amide bonds. The highest BCUT2D eigenvalue weighted by atomic mass is 127. The van der Waals surface area contributed by atoms with Gasteiger partial charge in [0.1, 0.15) is 0 Å². The molecule has 0 spiro atoms. The number of rotatable bonds is 14. The molecule has 0 radical (unpaired) electrons. The molecule has 0 aliphatic carbocycles. The molecule has 156 valence electrons. The van der Waals surface area contributed by atoms with Gasteiger partial charge in [0.25, 0.3) is 0 Å². The van der Waals surface area contributed by atoms with Gasteiger partial charge < -0.3 is 24.0 Å². The molecule has 0 saturated heterocycles. The first-order chi connectivity index (χ1) is 13.3. The van der Waals surface area contributed by atoms with E-state index in [4.69, 9.17) is 0 Å². The van der Waals surface area contributed by atoms with Crippen LogP contribution in [-0.4, -0.2) is 12.3 Å². The summed E-state index contributed by atoms with van der Waals surface area (Å²) < 4.78 is 0. The van der Waals surface area contributed by atoms with Crippen LogP contribution in [0.2, 0.25) is 0 Å². The van der Waals surface area contributed by atoms with Crippen molar-refractivity contribution in [3.8, 4) is 0 Å². The average Bonchev–Trinajstić information content (AvgIpc) is 2.70. The monoisotopic (exact) mass is 510 g/mol. The molecule has 28 heavy (non-hydrogen) atoms. The fourth-order valence-electron chi connectivity index (χ4n) is 4.17. The maximum atomic E-state index is 2.36. The van der Waals surface area contributed by atoms with E-state index < -0.39 is 7.26 Å². The van der Waals surface area contributed by atoms with E-state index in [9.17, 15) is 0 Å². The second kappa shape index (κ2) is 15.4. The zero-order valence-corrected chi connectivity index (χ0v) is 21.1. The van der Waals surface area contributed by atoms with Gasteiger partial charge in [-0.25, -0.2) is 0 Å². The first-order valence-corrected chi connectivity index (χ1v) is 13.7. The molecule has 2 rings (SSSR count). The average molecular weight is 510 g/mol. The maximum absolute atomic E-state index is 2.36. The van der Waals surface area contributed by atoms with E-state index in [1.807, 2.05) is 0 Å². The van der Waals surface area contributed by atoms with Gasteiger partial charge >= 0.3 is 0 Å². The SMILES string of the molecule is CCCCCC[P+](CCCCCC)(Cc1ccccc1)Cc1ccccc1.[I-]. The molecule has 2 aromatic carbocycles. The lowest BCUT2D eigenvalue weighted by atomic mass is 10.2. The summed E-state index contributed by atoms with van der Waals surface area (Å²) in [5.41, 5.74) is 3.13. The molecule has 0 unspecified atom stereocenters. The van der Waals surface area contributed by atoms with E-state index in [0.29, 0.717) is 0 Å². The molecular weight excluding hydrogens is 470 g/mol. The Morgan fingerprint density at radius 3 is 1.29 bits per heavy atom. The molecule has 0 aliphatic rings. The number of hydrogen-bond donors (Lipinski definition) is 0. The molecule has 2 aromatic rings. The highest BCUT2D eigenvalue weighted by Gasteiger charge is 2.36. The van der Waals surface area contributed by atoms with Crippen molar-refractivity contribution in [1.29, 1.82) is 0 Å². The van der Waals surface area contributed by atoms with Gasteiger partial charge in [-0.15, -0.1) is 0 Å². The quantitative estimate of drug-likeness (QED) is 0.177. The normalized spacial score (nSPS) is 11.2. The third kappa shape index (κ3) is 9.88. The van der Waals surface area contributed by atoms with Gasteiger partial charge in [0.15, 0.2) is 0 Å². The van der Waals surface area contributed by atoms with Crippen LogP contribution in [0.1, 0.15) is 76.3 Å². The van der Waals surface area contributed by atoms with Crippen LogP contribution in [0, 0.1) is 0 Å². The summed E-state index contributed by atoms with van der Waals surface area (Å²) in [4.78, 5) is 0. The van der Waals surface area contributed by atoms with E-state index in [1.165, 1.54) is 76.0 Å². The highest BCUT2D eigenvalue weighted by Crippen LogP contribution is 2.65. The summed E-state index contributed by atoms with van der Waals surface area (Å²) >= 11 is 0. The Bertz CT molecular complexity index is 541. The van der Waals surface area contributed by atoms with Crippen molar-refractivity contribution >= 4 is 7.26 Å². The van der Waals surface area contributed by atoms with Gasteiger partial charge in [-0.3, -0.25) is 0 Å². The van der Waals surface area contributed by atoms with Crippen molar-refractivity contribution in [2.75, 3.05) is 12.3 Å². The summed E-state index contributed by atoms with van der Waals surface area (Å²) in [5, 5.41) is 0. The summed E-state index contributed by atoms with van der Waals surface area (Å²) in [6.45, 7) is 4.64. The summed E-state index contributed by atoms with van der Waals surface area (Å²) in [6, 6.07) is 22.6. The Morgan fingerprint density at radius 1 is 0.536 bits per heavy atom. The molecule has 0 N–H and O–H groups in total. The summed E-state index contributed by atoms with van der Waals surface area (Å²) in [6.07, 6.45) is 16.8. The lowest BCUT2D eigenvalue weighted by molar-refractivity contribution is -0.00000590. The Hall–Kier alpha value is -0.400. The fraction of sp³-hybridized carbons (Fsp3) is 0.538. The van der Waals surface area contributed by atoms with Gasteiger partial charge in [0.2, 0.25) is 0 Å². The van der Waals surface area contributed by atoms with Crippen LogP contribution in [-0.2, 0) is 12.3 Å². The van der Waals surface area contributed by atoms with Gasteiger partial charge in [-0.05, 0) is 36.8 Å². The fourth-order valence-corrected chi connectivity index (χ4v) is 8.90. The molecule has 2 heteroatoms. The second-order valence-electron chi connectivity index (χ2n) is 8.20. The van der Waals surface area contributed by atoms with Crippen molar-refractivity contribution in [3.05, 3.63) is 71.8 Å². The Kier molecular flexibility index (Phi) is 14.1. The zero-order valence-electron chi connectivity index (χ0n) is 18.1. The molecule has 0 nitrogen and oxygen atoms in total. The number of halogens is 1. The van der Waals surface area contributed by atoms with Crippen molar-refractivity contribution in [1.82, 2.24) is 0 Å². The third-order valence-electron chi connectivity index (χ3n) is 5.69. The Labute approximate surface area is 192 Å². The summed E-state index contributed by atoms with van der Waals surface area (Å²) in [7, 11) is -1.02. The minimum Gasteiger partial charge on any atom is -1.00 e. The van der Waals surface area contributed by atoms with E-state index in [0.717, 1.165) is 0 Å². The van der Waals surface area contributed by atoms with Crippen molar-refractivity contribution in [2.24, 2.45) is 0 Å². The van der Waals surface area contributed by atoms with Gasteiger partial charge in [0.05, 0.1) is 24.6 Å². The second-order valence-corrected chi connectivity index (χ2v) is 12.4. The maximum Gasteiger partial charge on any atom is 0.0846 e. The lowest BCUT2D eigenvalue weighted by Crippen LogP contribution is -3.00. The van der Waals surface area contributed by atoms with Gasteiger partial charge in [-0.1, -0.05) is 100 Å². The van der Waals surface area contributed by atoms with Gasteiger partial charge in [-0.2, -0.15) is 0 Å². The first-order valence-electron chi connectivity index (χ1n) is 11.2. The summed E-state index contributed by atoms with van der Waals surface area (Å²) in [5.74, 6) is 0. The Morgan fingerprint density at radius 2 is 0.929 bits per heavy atom. The predicted molar refractivity (Wildman–Crippen MR) is 125 cm³/mol. The number of benzene rings is 2. The molecule has 0 saturated carbocycles. The molecule has 0 atom stereocenters. The van der Waals surface area contributed by atoms with Crippen LogP contribution in [0.4, 0.5) is 0 Å². The van der Waals surface area contributed by atoms with Gasteiger partial charge in [0, 0.05) is 7.26 Å². The molecule has 0 heterocycles. The van der Waals surface area contributed by atoms with E-state index in [1.54, 1.807) is 11.1 Å². The van der Waals surface area contributed by atoms with Crippen molar-refractivity contribution in [3.63, 3.8) is 0 Å². The topological polar surface area (TPSA) is 0 Å². The first kappa shape index (κ1) is 25.6. The Balaban J connectivity index is 0.00000392. The van der Waals surface area contributed by atoms with Crippen LogP contribution in [0.5, 0.6) is 0 Å². The molecular formula is C26H40IP. The molecule has 0 aliphatic heterocycles. The molecule has 0 fully saturated rings. The van der Waals surface area contributed by atoms with Crippen LogP contribution in [0.3, 0.4) is 0 Å². The number of unbranched alkanes of at least 4 members (excludes halogenated alkanes) is 6. The predicted octanol–water partition coefficient (Wildman–Crippen LogP) is 5.57. The van der Waals surface area contributed by atoms with Crippen molar-refractivity contribution < 1.29 is 24.0 Å². The van der Waals surface area contributed by atoms with Crippen LogP contribution >= 0.6 is 7.26 Å². The standard InChI is InChI=1S/C26H40P.HI/c1-3-5-7-15-21-27(22-16-8-6-4-2,23-25-17-11-9-12-18-25)24-26-19-13-10-14-20-26;/h9-14,17-20H,3-8,15-16,21-24H2,1-2H3;1H/q+1;/p-1. The zero-order chi connectivity index (χ0) is 19.2. The molecule has 0 bridgehead atoms. The largest absolute Gasteiger partial charge is 1.00 e. The molecule has 0 aromatic heterocycles. The van der Waals surface area contributed by atoms with Crippen LogP contribution < -0.4 is 24.0 Å². The number of hydrogen-bond acceptors (Lipinski definition) is 0. The smallest absolute Gasteiger partial charge is 0.0846 e. The minimum absolute atomic E-state index is 0. The third-order valence-corrected chi connectivity index (χ3v) is 10.3. The highest BCUT2D eigenvalue weighted by molar-refractivity contribution is 7.74. The van der Waals surface area contributed by atoms with E-state index in [2.05, 4.69) is 74.5 Å². The van der Waals surface area contributed by atoms with Crippen LogP contribution in [0.25, 0.3) is 0 Å². The van der Waals surface area contributed by atoms with E-state index >= 15 is 0 Å².